The first kappa shape index (κ1) is 14.9. The summed E-state index contributed by atoms with van der Waals surface area (Å²) >= 11 is 0. The van der Waals surface area contributed by atoms with E-state index in [0.29, 0.717) is 5.69 Å². The Morgan fingerprint density at radius 2 is 2.11 bits per heavy atom. The van der Waals surface area contributed by atoms with Gasteiger partial charge >= 0.3 is 0 Å². The van der Waals surface area contributed by atoms with Crippen LogP contribution in [0.2, 0.25) is 0 Å². The fraction of sp³-hybridized carbons (Fsp3) is 0.500. The Morgan fingerprint density at radius 1 is 1.44 bits per heavy atom. The van der Waals surface area contributed by atoms with Gasteiger partial charge in [-0.1, -0.05) is 12.1 Å². The predicted octanol–water partition coefficient (Wildman–Crippen LogP) is 1.24. The summed E-state index contributed by atoms with van der Waals surface area (Å²) in [6.45, 7) is 2.02. The van der Waals surface area contributed by atoms with Gasteiger partial charge < -0.3 is 10.5 Å². The van der Waals surface area contributed by atoms with E-state index >= 15 is 0 Å². The summed E-state index contributed by atoms with van der Waals surface area (Å²) in [7, 11) is -0.264. The lowest BCUT2D eigenvalue weighted by Gasteiger charge is -2.24. The number of benzene rings is 1. The molecule has 1 aromatic rings. The van der Waals surface area contributed by atoms with Gasteiger partial charge in [0.05, 0.1) is 12.4 Å². The number of anilines is 1. The summed E-state index contributed by atoms with van der Waals surface area (Å²) in [5, 5.41) is 0. The lowest BCUT2D eigenvalue weighted by Crippen LogP contribution is -2.33. The van der Waals surface area contributed by atoms with Gasteiger partial charge in [0.25, 0.3) is 0 Å². The molecule has 0 heterocycles. The Morgan fingerprint density at radius 3 is 2.67 bits per heavy atom. The van der Waals surface area contributed by atoms with Crippen LogP contribution < -0.4 is 5.73 Å². The van der Waals surface area contributed by atoms with Gasteiger partial charge in [-0.05, 0) is 24.6 Å². The number of sulfonamides is 1. The lowest BCUT2D eigenvalue weighted by molar-refractivity contribution is 0.215. The molecule has 0 aliphatic heterocycles. The first-order chi connectivity index (χ1) is 8.38. The van der Waals surface area contributed by atoms with Crippen molar-refractivity contribution >= 4 is 15.7 Å². The minimum Gasteiger partial charge on any atom is -0.399 e. The molecule has 0 fully saturated rings. The highest BCUT2D eigenvalue weighted by Crippen LogP contribution is 2.23. The van der Waals surface area contributed by atoms with Crippen LogP contribution in [0.3, 0.4) is 0 Å². The second-order valence-corrected chi connectivity index (χ2v) is 6.32. The zero-order valence-corrected chi connectivity index (χ0v) is 11.8. The largest absolute Gasteiger partial charge is 0.399 e. The van der Waals surface area contributed by atoms with E-state index in [4.69, 9.17) is 10.5 Å². The maximum absolute atomic E-state index is 12.0. The highest BCUT2D eigenvalue weighted by molar-refractivity contribution is 7.89. The van der Waals surface area contributed by atoms with Crippen LogP contribution in [0.25, 0.3) is 0 Å². The molecule has 0 saturated heterocycles. The molecule has 0 amide bonds. The van der Waals surface area contributed by atoms with Gasteiger partial charge in [0, 0.05) is 25.9 Å². The second kappa shape index (κ2) is 6.17. The number of nitrogens with two attached hydrogens (primary N) is 1. The van der Waals surface area contributed by atoms with Crippen molar-refractivity contribution < 1.29 is 13.2 Å². The summed E-state index contributed by atoms with van der Waals surface area (Å²) in [4.78, 5) is 0. The summed E-state index contributed by atoms with van der Waals surface area (Å²) in [6.07, 6.45) is 0. The molecular formula is C12H20N2O3S. The number of methoxy groups -OCH3 is 1. The van der Waals surface area contributed by atoms with Crippen LogP contribution in [0, 0.1) is 0 Å². The number of rotatable bonds is 6. The fourth-order valence-electron chi connectivity index (χ4n) is 1.60. The maximum atomic E-state index is 12.0. The smallest absolute Gasteiger partial charge is 0.216 e. The topological polar surface area (TPSA) is 72.6 Å². The number of hydrogen-bond acceptors (Lipinski definition) is 4. The van der Waals surface area contributed by atoms with Crippen LogP contribution in [0.15, 0.2) is 24.3 Å². The molecule has 0 bridgehead atoms. The molecule has 1 unspecified atom stereocenters. The second-order valence-electron chi connectivity index (χ2n) is 4.17. The van der Waals surface area contributed by atoms with Crippen molar-refractivity contribution in [1.29, 1.82) is 0 Å². The van der Waals surface area contributed by atoms with E-state index in [1.54, 1.807) is 19.2 Å². The van der Waals surface area contributed by atoms with Crippen LogP contribution >= 0.6 is 0 Å². The van der Waals surface area contributed by atoms with Crippen LogP contribution in [0.5, 0.6) is 0 Å². The van der Waals surface area contributed by atoms with E-state index in [1.807, 2.05) is 19.1 Å². The van der Waals surface area contributed by atoms with Crippen molar-refractivity contribution in [3.63, 3.8) is 0 Å². The molecule has 0 aliphatic carbocycles. The van der Waals surface area contributed by atoms with Gasteiger partial charge in [-0.3, -0.25) is 0 Å². The third kappa shape index (κ3) is 3.69. The van der Waals surface area contributed by atoms with E-state index in [1.165, 1.54) is 11.4 Å². The van der Waals surface area contributed by atoms with Crippen molar-refractivity contribution in [2.45, 2.75) is 13.0 Å². The predicted molar refractivity (Wildman–Crippen MR) is 72.7 cm³/mol. The van der Waals surface area contributed by atoms with Gasteiger partial charge in [0.15, 0.2) is 0 Å². The highest BCUT2D eigenvalue weighted by Gasteiger charge is 2.23. The maximum Gasteiger partial charge on any atom is 0.216 e. The number of ether oxygens (including phenoxy) is 1. The van der Waals surface area contributed by atoms with Gasteiger partial charge in [-0.15, -0.1) is 0 Å². The summed E-state index contributed by atoms with van der Waals surface area (Å²) in [6, 6.07) is 6.98. The lowest BCUT2D eigenvalue weighted by atomic mass is 10.1. The number of hydrogen-bond donors (Lipinski definition) is 1. The van der Waals surface area contributed by atoms with Crippen LogP contribution in [0.4, 0.5) is 5.69 Å². The normalized spacial score (nSPS) is 13.8. The Bertz CT molecular complexity index is 488. The highest BCUT2D eigenvalue weighted by atomic mass is 32.2. The molecule has 1 aromatic carbocycles. The van der Waals surface area contributed by atoms with E-state index < -0.39 is 10.0 Å². The molecule has 6 heteroatoms. The van der Waals surface area contributed by atoms with Crippen LogP contribution in [-0.4, -0.2) is 39.2 Å². The minimum atomic E-state index is -3.32. The van der Waals surface area contributed by atoms with Crippen molar-refractivity contribution in [2.75, 3.05) is 32.3 Å². The molecule has 0 aromatic heterocycles. The molecule has 0 spiro atoms. The Hall–Kier alpha value is -1.11. The van der Waals surface area contributed by atoms with Crippen LogP contribution in [-0.2, 0) is 14.8 Å². The minimum absolute atomic E-state index is 0.0212. The third-order valence-electron chi connectivity index (χ3n) is 2.92. The zero-order chi connectivity index (χ0) is 13.8. The molecular weight excluding hydrogens is 252 g/mol. The van der Waals surface area contributed by atoms with Crippen LogP contribution in [0.1, 0.15) is 18.5 Å². The van der Waals surface area contributed by atoms with Gasteiger partial charge in [-0.2, -0.15) is 4.31 Å². The standard InChI is InChI=1S/C12H20N2O3S/c1-10(11-5-4-6-12(13)9-11)14(2)18(15,16)8-7-17-3/h4-6,9-10H,7-8,13H2,1-3H3. The van der Waals surface area contributed by atoms with E-state index in [9.17, 15) is 8.42 Å². The summed E-state index contributed by atoms with van der Waals surface area (Å²) in [5.74, 6) is -0.0212. The van der Waals surface area contributed by atoms with Gasteiger partial charge in [0.1, 0.15) is 0 Å². The summed E-state index contributed by atoms with van der Waals surface area (Å²) < 4.78 is 30.2. The van der Waals surface area contributed by atoms with E-state index in [-0.39, 0.29) is 18.4 Å². The summed E-state index contributed by atoms with van der Waals surface area (Å²) in [5.41, 5.74) is 7.20. The van der Waals surface area contributed by atoms with Crippen molar-refractivity contribution in [3.05, 3.63) is 29.8 Å². The molecule has 0 saturated carbocycles. The Kier molecular flexibility index (Phi) is 5.13. The Labute approximate surface area is 109 Å². The van der Waals surface area contributed by atoms with E-state index in [0.717, 1.165) is 5.56 Å². The van der Waals surface area contributed by atoms with Gasteiger partial charge in [-0.25, -0.2) is 8.42 Å². The van der Waals surface area contributed by atoms with Crippen molar-refractivity contribution in [3.8, 4) is 0 Å². The fourth-order valence-corrected chi connectivity index (χ4v) is 2.87. The quantitative estimate of drug-likeness (QED) is 0.791. The molecule has 102 valence electrons. The van der Waals surface area contributed by atoms with Gasteiger partial charge in [0.2, 0.25) is 10.0 Å². The average Bonchev–Trinajstić information content (AvgIpc) is 2.34. The van der Waals surface area contributed by atoms with Crippen molar-refractivity contribution in [2.24, 2.45) is 0 Å². The number of nitrogens with zero attached hydrogens (tertiary/aromatic N) is 1. The Balaban J connectivity index is 2.87. The molecule has 1 rings (SSSR count). The molecule has 2 N–H and O–H groups in total. The number of nitrogen functional groups attached to an aromatic ring is 1. The SMILES string of the molecule is COCCS(=O)(=O)N(C)C(C)c1cccc(N)c1. The zero-order valence-electron chi connectivity index (χ0n) is 11.0. The first-order valence-electron chi connectivity index (χ1n) is 5.68. The molecule has 5 nitrogen and oxygen atoms in total. The third-order valence-corrected chi connectivity index (χ3v) is 4.80. The first-order valence-corrected chi connectivity index (χ1v) is 7.29. The molecule has 1 atom stereocenters. The monoisotopic (exact) mass is 272 g/mol. The average molecular weight is 272 g/mol. The van der Waals surface area contributed by atoms with E-state index in [2.05, 4.69) is 0 Å². The molecule has 0 aliphatic rings. The van der Waals surface area contributed by atoms with Crippen molar-refractivity contribution in [1.82, 2.24) is 4.31 Å². The molecule has 0 radical (unpaired) electrons. The molecule has 18 heavy (non-hydrogen) atoms.